The molecule has 1 aromatic heterocycles. The lowest BCUT2D eigenvalue weighted by atomic mass is 10.2. The van der Waals surface area contributed by atoms with E-state index >= 15 is 0 Å². The number of aromatic nitrogens is 1. The first kappa shape index (κ1) is 21.9. The van der Waals surface area contributed by atoms with Gasteiger partial charge in [0.15, 0.2) is 0 Å². The van der Waals surface area contributed by atoms with Crippen LogP contribution >= 0.6 is 0 Å². The molecule has 1 aromatic carbocycles. The van der Waals surface area contributed by atoms with E-state index in [9.17, 15) is 14.4 Å². The number of alkyl carbamates (subject to hydrolysis) is 1. The number of rotatable bonds is 7. The van der Waals surface area contributed by atoms with Crippen LogP contribution in [-0.2, 0) is 16.1 Å². The number of carbonyl (C=O) groups is 3. The van der Waals surface area contributed by atoms with Crippen molar-refractivity contribution in [3.8, 4) is 0 Å². The molecule has 0 atom stereocenters. The molecule has 0 spiro atoms. The van der Waals surface area contributed by atoms with Gasteiger partial charge in [-0.1, -0.05) is 12.1 Å². The molecule has 0 saturated carbocycles. The Kier molecular flexibility index (Phi) is 7.70. The first-order chi connectivity index (χ1) is 13.7. The Bertz CT molecular complexity index is 847. The van der Waals surface area contributed by atoms with E-state index in [0.29, 0.717) is 17.8 Å². The largest absolute Gasteiger partial charge is 0.444 e. The van der Waals surface area contributed by atoms with Crippen molar-refractivity contribution in [3.63, 3.8) is 0 Å². The fraction of sp³-hybridized carbons (Fsp3) is 0.333. The van der Waals surface area contributed by atoms with Crippen LogP contribution in [0.3, 0.4) is 0 Å². The molecule has 154 valence electrons. The number of anilines is 1. The number of hydrogen-bond donors (Lipinski definition) is 3. The predicted octanol–water partition coefficient (Wildman–Crippen LogP) is 2.86. The van der Waals surface area contributed by atoms with Gasteiger partial charge < -0.3 is 20.7 Å². The molecule has 0 aliphatic heterocycles. The van der Waals surface area contributed by atoms with E-state index < -0.39 is 11.7 Å². The van der Waals surface area contributed by atoms with Crippen LogP contribution in [0.25, 0.3) is 0 Å². The molecule has 0 aliphatic carbocycles. The summed E-state index contributed by atoms with van der Waals surface area (Å²) in [6, 6.07) is 10.5. The van der Waals surface area contributed by atoms with Crippen molar-refractivity contribution in [3.05, 3.63) is 59.9 Å². The fourth-order valence-corrected chi connectivity index (χ4v) is 2.36. The molecule has 2 rings (SSSR count). The van der Waals surface area contributed by atoms with Crippen molar-refractivity contribution in [2.24, 2.45) is 0 Å². The molecule has 8 nitrogen and oxygen atoms in total. The number of ether oxygens (including phenoxy) is 1. The van der Waals surface area contributed by atoms with Gasteiger partial charge in [0.25, 0.3) is 5.91 Å². The minimum absolute atomic E-state index is 0.113. The van der Waals surface area contributed by atoms with Crippen LogP contribution in [0.5, 0.6) is 0 Å². The highest BCUT2D eigenvalue weighted by Gasteiger charge is 2.16. The predicted molar refractivity (Wildman–Crippen MR) is 109 cm³/mol. The molecule has 2 aromatic rings. The third-order valence-corrected chi connectivity index (χ3v) is 3.63. The summed E-state index contributed by atoms with van der Waals surface area (Å²) in [5.74, 6) is -0.436. The van der Waals surface area contributed by atoms with Crippen molar-refractivity contribution in [1.29, 1.82) is 0 Å². The lowest BCUT2D eigenvalue weighted by molar-refractivity contribution is -0.116. The third kappa shape index (κ3) is 8.42. The van der Waals surface area contributed by atoms with Gasteiger partial charge >= 0.3 is 6.09 Å². The first-order valence-electron chi connectivity index (χ1n) is 9.27. The molecular weight excluding hydrogens is 372 g/mol. The quantitative estimate of drug-likeness (QED) is 0.664. The maximum absolute atomic E-state index is 12.1. The van der Waals surface area contributed by atoms with Crippen LogP contribution < -0.4 is 16.0 Å². The molecular formula is C21H26N4O4. The molecule has 3 N–H and O–H groups in total. The molecule has 0 fully saturated rings. The Balaban J connectivity index is 1.78. The highest BCUT2D eigenvalue weighted by atomic mass is 16.6. The van der Waals surface area contributed by atoms with Gasteiger partial charge in [0.1, 0.15) is 5.60 Å². The summed E-state index contributed by atoms with van der Waals surface area (Å²) in [5, 5.41) is 8.13. The van der Waals surface area contributed by atoms with E-state index in [0.717, 1.165) is 5.56 Å². The van der Waals surface area contributed by atoms with E-state index in [1.54, 1.807) is 63.5 Å². The molecule has 0 unspecified atom stereocenters. The van der Waals surface area contributed by atoms with Gasteiger partial charge in [0.2, 0.25) is 5.91 Å². The summed E-state index contributed by atoms with van der Waals surface area (Å²) >= 11 is 0. The van der Waals surface area contributed by atoms with Gasteiger partial charge in [-0.25, -0.2) is 4.79 Å². The number of nitrogens with one attached hydrogen (secondary N) is 3. The monoisotopic (exact) mass is 398 g/mol. The lowest BCUT2D eigenvalue weighted by Gasteiger charge is -2.19. The van der Waals surface area contributed by atoms with Crippen LogP contribution in [0.4, 0.5) is 10.5 Å². The summed E-state index contributed by atoms with van der Waals surface area (Å²) in [7, 11) is 0. The number of hydrogen-bond acceptors (Lipinski definition) is 5. The maximum atomic E-state index is 12.1. The Morgan fingerprint density at radius 1 is 1.03 bits per heavy atom. The second-order valence-electron chi connectivity index (χ2n) is 7.35. The Morgan fingerprint density at radius 3 is 2.45 bits per heavy atom. The highest BCUT2D eigenvalue weighted by Crippen LogP contribution is 2.11. The average molecular weight is 398 g/mol. The molecule has 1 heterocycles. The van der Waals surface area contributed by atoms with Crippen molar-refractivity contribution in [1.82, 2.24) is 15.6 Å². The van der Waals surface area contributed by atoms with Crippen molar-refractivity contribution in [2.45, 2.75) is 39.3 Å². The van der Waals surface area contributed by atoms with Crippen molar-refractivity contribution in [2.75, 3.05) is 11.9 Å². The zero-order valence-electron chi connectivity index (χ0n) is 16.8. The minimum Gasteiger partial charge on any atom is -0.444 e. The standard InChI is InChI=1S/C21H26N4O4/c1-21(2,3)29-20(28)23-12-9-18(26)25-17-6-4-5-15(13-17)14-24-19(27)16-7-10-22-11-8-16/h4-8,10-11,13H,9,12,14H2,1-3H3,(H,23,28)(H,24,27)(H,25,26). The average Bonchev–Trinajstić information content (AvgIpc) is 2.65. The summed E-state index contributed by atoms with van der Waals surface area (Å²) in [4.78, 5) is 39.6. The summed E-state index contributed by atoms with van der Waals surface area (Å²) in [6.07, 6.45) is 2.67. The van der Waals surface area contributed by atoms with E-state index in [2.05, 4.69) is 20.9 Å². The molecule has 0 aliphatic rings. The van der Waals surface area contributed by atoms with Gasteiger partial charge in [0.05, 0.1) is 0 Å². The molecule has 0 saturated heterocycles. The summed E-state index contributed by atoms with van der Waals surface area (Å²) < 4.78 is 5.11. The van der Waals surface area contributed by atoms with E-state index in [1.165, 1.54) is 0 Å². The Labute approximate surface area is 170 Å². The van der Waals surface area contributed by atoms with Crippen LogP contribution in [0.15, 0.2) is 48.8 Å². The van der Waals surface area contributed by atoms with Gasteiger partial charge in [0, 0.05) is 43.2 Å². The third-order valence-electron chi connectivity index (χ3n) is 3.63. The number of benzene rings is 1. The fourth-order valence-electron chi connectivity index (χ4n) is 2.36. The number of carbonyl (C=O) groups excluding carboxylic acids is 3. The second kappa shape index (κ2) is 10.2. The van der Waals surface area contributed by atoms with Crippen LogP contribution in [0.1, 0.15) is 43.1 Å². The van der Waals surface area contributed by atoms with Gasteiger partial charge in [-0.3, -0.25) is 14.6 Å². The van der Waals surface area contributed by atoms with Crippen LogP contribution in [0, 0.1) is 0 Å². The smallest absolute Gasteiger partial charge is 0.407 e. The van der Waals surface area contributed by atoms with Crippen LogP contribution in [0.2, 0.25) is 0 Å². The molecule has 8 heteroatoms. The Hall–Kier alpha value is -3.42. The van der Waals surface area contributed by atoms with Crippen LogP contribution in [-0.4, -0.2) is 35.0 Å². The lowest BCUT2D eigenvalue weighted by Crippen LogP contribution is -2.34. The van der Waals surface area contributed by atoms with Gasteiger partial charge in [-0.15, -0.1) is 0 Å². The molecule has 0 bridgehead atoms. The van der Waals surface area contributed by atoms with E-state index in [1.807, 2.05) is 6.07 Å². The van der Waals surface area contributed by atoms with Gasteiger partial charge in [-0.05, 0) is 50.6 Å². The van der Waals surface area contributed by atoms with E-state index in [-0.39, 0.29) is 24.8 Å². The zero-order chi connectivity index (χ0) is 21.3. The SMILES string of the molecule is CC(C)(C)OC(=O)NCCC(=O)Nc1cccc(CNC(=O)c2ccncc2)c1. The molecule has 29 heavy (non-hydrogen) atoms. The summed E-state index contributed by atoms with van der Waals surface area (Å²) in [6.45, 7) is 5.80. The number of nitrogens with zero attached hydrogens (tertiary/aromatic N) is 1. The minimum atomic E-state index is -0.584. The second-order valence-corrected chi connectivity index (χ2v) is 7.35. The normalized spacial score (nSPS) is 10.7. The number of pyridine rings is 1. The maximum Gasteiger partial charge on any atom is 0.407 e. The van der Waals surface area contributed by atoms with Crippen molar-refractivity contribution >= 4 is 23.6 Å². The van der Waals surface area contributed by atoms with Crippen molar-refractivity contribution < 1.29 is 19.1 Å². The zero-order valence-corrected chi connectivity index (χ0v) is 16.8. The number of amides is 3. The van der Waals surface area contributed by atoms with E-state index in [4.69, 9.17) is 4.74 Å². The first-order valence-corrected chi connectivity index (χ1v) is 9.27. The Morgan fingerprint density at radius 2 is 1.76 bits per heavy atom. The topological polar surface area (TPSA) is 109 Å². The highest BCUT2D eigenvalue weighted by molar-refractivity contribution is 5.94. The molecule has 0 radical (unpaired) electrons. The molecule has 3 amide bonds. The summed E-state index contributed by atoms with van der Waals surface area (Å²) in [5.41, 5.74) is 1.40. The van der Waals surface area contributed by atoms with Gasteiger partial charge in [-0.2, -0.15) is 0 Å².